The van der Waals surface area contributed by atoms with Crippen LogP contribution in [0.25, 0.3) is 0 Å². The fourth-order valence-corrected chi connectivity index (χ4v) is 1.10. The van der Waals surface area contributed by atoms with E-state index >= 15 is 0 Å². The molecule has 7 heteroatoms. The number of ether oxygens (including phenoxy) is 3. The van der Waals surface area contributed by atoms with Gasteiger partial charge in [0, 0.05) is 0 Å². The summed E-state index contributed by atoms with van der Waals surface area (Å²) in [6, 6.07) is 0. The molecule has 0 amide bonds. The van der Waals surface area contributed by atoms with Gasteiger partial charge in [0.25, 0.3) is 0 Å². The molecule has 0 heterocycles. The second kappa shape index (κ2) is 10.0. The highest BCUT2D eigenvalue weighted by Crippen LogP contribution is 2.00. The summed E-state index contributed by atoms with van der Waals surface area (Å²) in [4.78, 5) is 44.2. The summed E-state index contributed by atoms with van der Waals surface area (Å²) >= 11 is 0. The molecule has 19 heavy (non-hydrogen) atoms. The summed E-state index contributed by atoms with van der Waals surface area (Å²) in [6.45, 7) is 3.75. The molecule has 0 spiro atoms. The van der Waals surface area contributed by atoms with E-state index in [0.717, 1.165) is 0 Å². The van der Waals surface area contributed by atoms with Crippen LogP contribution in [0.1, 0.15) is 39.5 Å². The molecule has 0 aliphatic rings. The van der Waals surface area contributed by atoms with E-state index in [0.29, 0.717) is 0 Å². The first-order chi connectivity index (χ1) is 8.99. The van der Waals surface area contributed by atoms with E-state index in [2.05, 4.69) is 14.2 Å². The molecule has 0 N–H and O–H groups in total. The van der Waals surface area contributed by atoms with Gasteiger partial charge in [-0.25, -0.2) is 0 Å². The van der Waals surface area contributed by atoms with Crippen LogP contribution in [0.5, 0.6) is 0 Å². The molecule has 0 aromatic heterocycles. The monoisotopic (exact) mass is 274 g/mol. The summed E-state index contributed by atoms with van der Waals surface area (Å²) in [5, 5.41) is 0. The van der Waals surface area contributed by atoms with E-state index in [1.807, 2.05) is 0 Å². The Morgan fingerprint density at radius 2 is 0.947 bits per heavy atom. The van der Waals surface area contributed by atoms with Crippen molar-refractivity contribution < 1.29 is 33.4 Å². The smallest absolute Gasteiger partial charge is 0.314 e. The summed E-state index contributed by atoms with van der Waals surface area (Å²) in [5.74, 6) is -2.69. The first-order valence-corrected chi connectivity index (χ1v) is 6.04. The third-order valence-electron chi connectivity index (χ3n) is 1.90. The van der Waals surface area contributed by atoms with E-state index in [1.54, 1.807) is 13.8 Å². The molecule has 0 aromatic carbocycles. The summed E-state index contributed by atoms with van der Waals surface area (Å²) < 4.78 is 13.6. The molecule has 0 radical (unpaired) electrons. The Labute approximate surface area is 111 Å². The van der Waals surface area contributed by atoms with E-state index in [-0.39, 0.29) is 38.9 Å². The molecule has 108 valence electrons. The SMILES string of the molecule is CCOC(=O)CCC(=O)OC(=O)CCC(=O)OCC. The Hall–Kier alpha value is -1.92. The first-order valence-electron chi connectivity index (χ1n) is 6.04. The van der Waals surface area contributed by atoms with Crippen LogP contribution in [0, 0.1) is 0 Å². The molecular weight excluding hydrogens is 256 g/mol. The number of carbonyl (C=O) groups is 4. The van der Waals surface area contributed by atoms with E-state index in [4.69, 9.17) is 0 Å². The molecule has 0 aliphatic carbocycles. The number of carbonyl (C=O) groups excluding carboxylic acids is 4. The van der Waals surface area contributed by atoms with Crippen molar-refractivity contribution in [3.8, 4) is 0 Å². The van der Waals surface area contributed by atoms with Gasteiger partial charge in [-0.1, -0.05) is 0 Å². The lowest BCUT2D eigenvalue weighted by Gasteiger charge is -2.03. The van der Waals surface area contributed by atoms with E-state index in [9.17, 15) is 19.2 Å². The van der Waals surface area contributed by atoms with Crippen molar-refractivity contribution in [3.63, 3.8) is 0 Å². The minimum atomic E-state index is -0.818. The first kappa shape index (κ1) is 17.1. The quantitative estimate of drug-likeness (QED) is 0.366. The maximum absolute atomic E-state index is 11.2. The topological polar surface area (TPSA) is 96.0 Å². The van der Waals surface area contributed by atoms with Crippen molar-refractivity contribution in [1.82, 2.24) is 0 Å². The minimum Gasteiger partial charge on any atom is -0.466 e. The largest absolute Gasteiger partial charge is 0.466 e. The zero-order valence-corrected chi connectivity index (χ0v) is 11.1. The van der Waals surface area contributed by atoms with Gasteiger partial charge in [0.05, 0.1) is 38.9 Å². The average molecular weight is 274 g/mol. The zero-order valence-electron chi connectivity index (χ0n) is 11.1. The van der Waals surface area contributed by atoms with Crippen molar-refractivity contribution in [2.24, 2.45) is 0 Å². The lowest BCUT2D eigenvalue weighted by Crippen LogP contribution is -2.16. The predicted molar refractivity (Wildman–Crippen MR) is 62.8 cm³/mol. The number of hydrogen-bond acceptors (Lipinski definition) is 7. The van der Waals surface area contributed by atoms with Gasteiger partial charge in [0.2, 0.25) is 0 Å². The van der Waals surface area contributed by atoms with Gasteiger partial charge in [-0.3, -0.25) is 19.2 Å². The Morgan fingerprint density at radius 1 is 0.632 bits per heavy atom. The molecule has 0 unspecified atom stereocenters. The second-order valence-corrected chi connectivity index (χ2v) is 3.46. The molecule has 0 atom stereocenters. The normalized spacial score (nSPS) is 9.58. The van der Waals surface area contributed by atoms with Gasteiger partial charge in [-0.05, 0) is 13.8 Å². The van der Waals surface area contributed by atoms with E-state index < -0.39 is 23.9 Å². The van der Waals surface area contributed by atoms with Gasteiger partial charge >= 0.3 is 23.9 Å². The van der Waals surface area contributed by atoms with Crippen molar-refractivity contribution in [2.75, 3.05) is 13.2 Å². The van der Waals surface area contributed by atoms with Crippen LogP contribution >= 0.6 is 0 Å². The van der Waals surface area contributed by atoms with Crippen LogP contribution < -0.4 is 0 Å². The van der Waals surface area contributed by atoms with E-state index in [1.165, 1.54) is 0 Å². The molecule has 0 bridgehead atoms. The highest BCUT2D eigenvalue weighted by atomic mass is 16.6. The standard InChI is InChI=1S/C12H18O7/c1-3-17-9(13)5-7-11(15)19-12(16)8-6-10(14)18-4-2/h3-8H2,1-2H3. The maximum atomic E-state index is 11.2. The lowest BCUT2D eigenvalue weighted by atomic mass is 10.3. The molecule has 0 fully saturated rings. The van der Waals surface area contributed by atoms with Crippen LogP contribution in [0.4, 0.5) is 0 Å². The van der Waals surface area contributed by atoms with Crippen LogP contribution in [-0.4, -0.2) is 37.1 Å². The van der Waals surface area contributed by atoms with Crippen molar-refractivity contribution in [2.45, 2.75) is 39.5 Å². The van der Waals surface area contributed by atoms with Crippen LogP contribution in [0.15, 0.2) is 0 Å². The number of rotatable bonds is 8. The van der Waals surface area contributed by atoms with Gasteiger partial charge in [0.1, 0.15) is 0 Å². The summed E-state index contributed by atoms with van der Waals surface area (Å²) in [6.07, 6.45) is -0.746. The molecule has 0 aromatic rings. The highest BCUT2D eigenvalue weighted by molar-refractivity contribution is 5.88. The van der Waals surface area contributed by atoms with Gasteiger partial charge in [0.15, 0.2) is 0 Å². The number of esters is 4. The third-order valence-corrected chi connectivity index (χ3v) is 1.90. The van der Waals surface area contributed by atoms with Crippen LogP contribution in [0.3, 0.4) is 0 Å². The molecule has 7 nitrogen and oxygen atoms in total. The molecule has 0 saturated heterocycles. The Bertz CT molecular complexity index is 303. The maximum Gasteiger partial charge on any atom is 0.314 e. The van der Waals surface area contributed by atoms with Crippen molar-refractivity contribution >= 4 is 23.9 Å². The fraction of sp³-hybridized carbons (Fsp3) is 0.667. The van der Waals surface area contributed by atoms with Gasteiger partial charge in [-0.15, -0.1) is 0 Å². The molecule has 0 rings (SSSR count). The Morgan fingerprint density at radius 3 is 1.26 bits per heavy atom. The van der Waals surface area contributed by atoms with Crippen LogP contribution in [-0.2, 0) is 33.4 Å². The second-order valence-electron chi connectivity index (χ2n) is 3.46. The fourth-order valence-electron chi connectivity index (χ4n) is 1.10. The molecule has 0 aliphatic heterocycles. The van der Waals surface area contributed by atoms with Crippen LogP contribution in [0.2, 0.25) is 0 Å². The Balaban J connectivity index is 3.78. The van der Waals surface area contributed by atoms with Crippen molar-refractivity contribution in [1.29, 1.82) is 0 Å². The third kappa shape index (κ3) is 9.75. The number of hydrogen-bond donors (Lipinski definition) is 0. The van der Waals surface area contributed by atoms with Gasteiger partial charge < -0.3 is 14.2 Å². The zero-order chi connectivity index (χ0) is 14.7. The lowest BCUT2D eigenvalue weighted by molar-refractivity contribution is -0.162. The predicted octanol–water partition coefficient (Wildman–Crippen LogP) is 0.743. The average Bonchev–Trinajstić information content (AvgIpc) is 2.35. The van der Waals surface area contributed by atoms with Crippen molar-refractivity contribution in [3.05, 3.63) is 0 Å². The Kier molecular flexibility index (Phi) is 9.03. The molecule has 0 saturated carbocycles. The highest BCUT2D eigenvalue weighted by Gasteiger charge is 2.14. The summed E-state index contributed by atoms with van der Waals surface area (Å²) in [7, 11) is 0. The summed E-state index contributed by atoms with van der Waals surface area (Å²) in [5.41, 5.74) is 0. The minimum absolute atomic E-state index is 0.141. The molecular formula is C12H18O7. The van der Waals surface area contributed by atoms with Gasteiger partial charge in [-0.2, -0.15) is 0 Å².